The van der Waals surface area contributed by atoms with Gasteiger partial charge in [-0.1, -0.05) is 11.6 Å². The minimum atomic E-state index is -0.401. The number of rotatable bonds is 3. The van der Waals surface area contributed by atoms with Gasteiger partial charge in [0, 0.05) is 27.1 Å². The van der Waals surface area contributed by atoms with E-state index in [0.29, 0.717) is 23.1 Å². The number of hydrogen-bond donors (Lipinski definition) is 1. The van der Waals surface area contributed by atoms with Crippen LogP contribution >= 0.6 is 23.4 Å². The Kier molecular flexibility index (Phi) is 5.29. The molecule has 0 radical (unpaired) electrons. The zero-order valence-electron chi connectivity index (χ0n) is 14.5. The SMILES string of the molecule is CC1=CC(=C2NN=C(CSc3cc(C)c(Cl)cc3C)O2)C=CC1=[N+]([O-])[O-]. The van der Waals surface area contributed by atoms with Crippen LogP contribution in [0.15, 0.2) is 57.4 Å². The molecular weight excluding hydrogens is 374 g/mol. The van der Waals surface area contributed by atoms with E-state index in [1.807, 2.05) is 19.9 Å². The molecule has 2 aliphatic rings. The zero-order valence-corrected chi connectivity index (χ0v) is 16.1. The summed E-state index contributed by atoms with van der Waals surface area (Å²) < 4.78 is 5.76. The molecule has 0 saturated heterocycles. The van der Waals surface area contributed by atoms with Gasteiger partial charge in [-0.2, -0.15) is 4.90 Å². The Hall–Kier alpha value is -2.38. The second-order valence-corrected chi connectivity index (χ2v) is 7.39. The van der Waals surface area contributed by atoms with E-state index in [1.54, 1.807) is 30.8 Å². The van der Waals surface area contributed by atoms with Crippen molar-refractivity contribution in [3.05, 3.63) is 74.0 Å². The van der Waals surface area contributed by atoms with E-state index in [9.17, 15) is 10.4 Å². The van der Waals surface area contributed by atoms with Gasteiger partial charge in [-0.3, -0.25) is 0 Å². The van der Waals surface area contributed by atoms with E-state index in [2.05, 4.69) is 16.6 Å². The van der Waals surface area contributed by atoms with E-state index >= 15 is 0 Å². The Morgan fingerprint density at radius 2 is 1.96 bits per heavy atom. The van der Waals surface area contributed by atoms with Crippen LogP contribution in [0.1, 0.15) is 18.1 Å². The first kappa shape index (κ1) is 18.4. The first-order valence-corrected chi connectivity index (χ1v) is 9.24. The number of halogens is 1. The summed E-state index contributed by atoms with van der Waals surface area (Å²) in [5, 5.41) is 26.8. The zero-order chi connectivity index (χ0) is 18.8. The second kappa shape index (κ2) is 7.47. The number of benzene rings is 1. The first-order valence-electron chi connectivity index (χ1n) is 7.87. The van der Waals surface area contributed by atoms with Crippen LogP contribution in [-0.4, -0.2) is 22.3 Å². The molecule has 1 aromatic carbocycles. The summed E-state index contributed by atoms with van der Waals surface area (Å²) in [5.41, 5.74) is 6.35. The molecule has 1 heterocycles. The van der Waals surface area contributed by atoms with Crippen molar-refractivity contribution < 1.29 is 9.64 Å². The summed E-state index contributed by atoms with van der Waals surface area (Å²) in [7, 11) is 0. The normalized spacial score (nSPS) is 19.0. The van der Waals surface area contributed by atoms with Crippen molar-refractivity contribution in [2.24, 2.45) is 5.10 Å². The lowest BCUT2D eigenvalue weighted by atomic mass is 10.0. The van der Waals surface area contributed by atoms with Gasteiger partial charge in [-0.25, -0.2) is 5.43 Å². The van der Waals surface area contributed by atoms with Crippen LogP contribution in [0.25, 0.3) is 0 Å². The number of aryl methyl sites for hydroxylation is 2. The highest BCUT2D eigenvalue weighted by Crippen LogP contribution is 2.29. The van der Waals surface area contributed by atoms with Gasteiger partial charge < -0.3 is 15.2 Å². The van der Waals surface area contributed by atoms with Crippen LogP contribution in [-0.2, 0) is 4.74 Å². The van der Waals surface area contributed by atoms with Crippen molar-refractivity contribution in [2.45, 2.75) is 25.7 Å². The Morgan fingerprint density at radius 3 is 2.65 bits per heavy atom. The number of thioether (sulfide) groups is 1. The minimum absolute atomic E-state index is 0.0811. The predicted molar refractivity (Wildman–Crippen MR) is 105 cm³/mol. The lowest BCUT2D eigenvalue weighted by Crippen LogP contribution is -2.13. The van der Waals surface area contributed by atoms with Gasteiger partial charge in [0.25, 0.3) is 0 Å². The first-order chi connectivity index (χ1) is 12.3. The Balaban J connectivity index is 1.67. The molecule has 1 N–H and O–H groups in total. The maximum atomic E-state index is 10.9. The summed E-state index contributed by atoms with van der Waals surface area (Å²) in [6.07, 6.45) is 4.82. The van der Waals surface area contributed by atoms with E-state index in [1.165, 1.54) is 6.08 Å². The maximum absolute atomic E-state index is 10.9. The highest BCUT2D eigenvalue weighted by atomic mass is 35.5. The van der Waals surface area contributed by atoms with Gasteiger partial charge in [0.2, 0.25) is 17.5 Å². The van der Waals surface area contributed by atoms with Gasteiger partial charge in [0.1, 0.15) is 0 Å². The third-order valence-corrected chi connectivity index (χ3v) is 5.51. The van der Waals surface area contributed by atoms with E-state index in [4.69, 9.17) is 16.3 Å². The Bertz CT molecular complexity index is 913. The fraction of sp³-hybridized carbons (Fsp3) is 0.222. The smallest absolute Gasteiger partial charge is 0.225 e. The molecule has 3 rings (SSSR count). The molecule has 0 fully saturated rings. The summed E-state index contributed by atoms with van der Waals surface area (Å²) in [6, 6.07) is 4.00. The molecule has 6 nitrogen and oxygen atoms in total. The van der Waals surface area contributed by atoms with Crippen molar-refractivity contribution in [3.8, 4) is 0 Å². The number of hydrogen-bond acceptors (Lipinski definition) is 6. The average molecular weight is 391 g/mol. The Labute approximate surface area is 160 Å². The van der Waals surface area contributed by atoms with Gasteiger partial charge in [-0.05, 0) is 56.2 Å². The average Bonchev–Trinajstić information content (AvgIpc) is 3.05. The van der Waals surface area contributed by atoms with E-state index in [0.717, 1.165) is 26.6 Å². The fourth-order valence-electron chi connectivity index (χ4n) is 2.51. The summed E-state index contributed by atoms with van der Waals surface area (Å²) >= 11 is 7.75. The summed E-state index contributed by atoms with van der Waals surface area (Å²) in [5.74, 6) is 1.58. The molecule has 26 heavy (non-hydrogen) atoms. The molecule has 136 valence electrons. The molecule has 0 saturated carbocycles. The van der Waals surface area contributed by atoms with Crippen LogP contribution in [0.5, 0.6) is 0 Å². The van der Waals surface area contributed by atoms with E-state index in [-0.39, 0.29) is 5.71 Å². The molecule has 0 bridgehead atoms. The largest absolute Gasteiger partial charge is 0.612 e. The van der Waals surface area contributed by atoms with Gasteiger partial charge in [-0.15, -0.1) is 16.9 Å². The van der Waals surface area contributed by atoms with Crippen LogP contribution in [0.4, 0.5) is 0 Å². The lowest BCUT2D eigenvalue weighted by molar-refractivity contribution is -0.377. The summed E-state index contributed by atoms with van der Waals surface area (Å²) in [6.45, 7) is 5.68. The molecule has 1 aliphatic heterocycles. The molecule has 0 aromatic heterocycles. The maximum Gasteiger partial charge on any atom is 0.225 e. The third-order valence-electron chi connectivity index (χ3n) is 3.97. The van der Waals surface area contributed by atoms with Gasteiger partial charge >= 0.3 is 0 Å². The third kappa shape index (κ3) is 3.89. The van der Waals surface area contributed by atoms with Crippen LogP contribution in [0.3, 0.4) is 0 Å². The molecular formula is C18H17ClN3O3S-. The quantitative estimate of drug-likeness (QED) is 0.476. The molecule has 0 amide bonds. The monoisotopic (exact) mass is 390 g/mol. The number of allylic oxidation sites excluding steroid dienone is 5. The van der Waals surface area contributed by atoms with Crippen molar-refractivity contribution in [3.63, 3.8) is 0 Å². The number of nitrogens with zero attached hydrogens (tertiary/aromatic N) is 2. The molecule has 0 unspecified atom stereocenters. The molecule has 0 spiro atoms. The fourth-order valence-corrected chi connectivity index (χ4v) is 3.68. The lowest BCUT2D eigenvalue weighted by Gasteiger charge is -2.13. The van der Waals surface area contributed by atoms with Crippen molar-refractivity contribution in [1.82, 2.24) is 5.43 Å². The molecule has 1 aliphatic carbocycles. The standard InChI is InChI=1S/C18H17ClN3O3S/c1-10-8-16(12(3)7-14(10)19)26-9-17-20-21-18(25-17)13-4-5-15(22(23)24)11(2)6-13/h4-8,21H,9H2,1-3H3/q-1. The van der Waals surface area contributed by atoms with Crippen LogP contribution < -0.4 is 5.43 Å². The van der Waals surface area contributed by atoms with Crippen molar-refractivity contribution in [1.29, 1.82) is 0 Å². The number of ether oxygens (including phenoxy) is 1. The van der Waals surface area contributed by atoms with Gasteiger partial charge in [0.05, 0.1) is 5.75 Å². The number of nitrogens with one attached hydrogen (secondary N) is 1. The highest BCUT2D eigenvalue weighted by Gasteiger charge is 2.20. The van der Waals surface area contributed by atoms with E-state index < -0.39 is 4.90 Å². The Morgan fingerprint density at radius 1 is 1.19 bits per heavy atom. The molecule has 8 heteroatoms. The topological polar surface area (TPSA) is 82.8 Å². The van der Waals surface area contributed by atoms with Crippen molar-refractivity contribution >= 4 is 35.0 Å². The van der Waals surface area contributed by atoms with Gasteiger partial charge in [0.15, 0.2) is 0 Å². The predicted octanol–water partition coefficient (Wildman–Crippen LogP) is 4.16. The summed E-state index contributed by atoms with van der Waals surface area (Å²) in [4.78, 5) is 0.722. The second-order valence-electron chi connectivity index (χ2n) is 5.96. The van der Waals surface area contributed by atoms with Crippen molar-refractivity contribution in [2.75, 3.05) is 5.75 Å². The molecule has 1 aromatic rings. The molecule has 0 atom stereocenters. The minimum Gasteiger partial charge on any atom is -0.612 e. The van der Waals surface area contributed by atoms with Crippen LogP contribution in [0.2, 0.25) is 5.02 Å². The number of hydrazone groups is 1. The van der Waals surface area contributed by atoms with Crippen LogP contribution in [0, 0.1) is 24.3 Å². The highest BCUT2D eigenvalue weighted by molar-refractivity contribution is 8.00.